The number of nitrogens with two attached hydrogens (primary N) is 1. The van der Waals surface area contributed by atoms with Gasteiger partial charge in [0, 0.05) is 18.7 Å². The van der Waals surface area contributed by atoms with Crippen molar-refractivity contribution in [1.29, 1.82) is 0 Å². The van der Waals surface area contributed by atoms with Gasteiger partial charge < -0.3 is 15.7 Å². The van der Waals surface area contributed by atoms with Gasteiger partial charge in [-0.15, -0.1) is 0 Å². The van der Waals surface area contributed by atoms with Crippen LogP contribution in [-0.2, 0) is 11.4 Å². The van der Waals surface area contributed by atoms with Crippen LogP contribution in [0.3, 0.4) is 0 Å². The first-order valence-electron chi connectivity index (χ1n) is 5.86. The molecular formula is C13H18N2O2. The zero-order valence-corrected chi connectivity index (χ0v) is 10.0. The van der Waals surface area contributed by atoms with E-state index < -0.39 is 0 Å². The standard InChI is InChI=1S/C13H18N2O2/c1-9-2-3-10(8-16)4-12(9)15-7-11(6-14)5-13(15)17/h2-4,11,16H,5-8,14H2,1H3. The second kappa shape index (κ2) is 4.85. The molecule has 17 heavy (non-hydrogen) atoms. The molecule has 0 saturated carbocycles. The summed E-state index contributed by atoms with van der Waals surface area (Å²) < 4.78 is 0. The number of hydrogen-bond donors (Lipinski definition) is 2. The Morgan fingerprint density at radius 2 is 2.29 bits per heavy atom. The normalized spacial score (nSPS) is 20.1. The highest BCUT2D eigenvalue weighted by molar-refractivity contribution is 5.96. The van der Waals surface area contributed by atoms with Crippen LogP contribution in [0.5, 0.6) is 0 Å². The van der Waals surface area contributed by atoms with Crippen molar-refractivity contribution in [1.82, 2.24) is 0 Å². The van der Waals surface area contributed by atoms with Crippen molar-refractivity contribution in [3.8, 4) is 0 Å². The van der Waals surface area contributed by atoms with E-state index in [9.17, 15) is 4.79 Å². The van der Waals surface area contributed by atoms with Crippen LogP contribution in [0.2, 0.25) is 0 Å². The second-order valence-electron chi connectivity index (χ2n) is 4.59. The van der Waals surface area contributed by atoms with Crippen molar-refractivity contribution < 1.29 is 9.90 Å². The SMILES string of the molecule is Cc1ccc(CO)cc1N1CC(CN)CC1=O. The number of carbonyl (C=O) groups excluding carboxylic acids is 1. The van der Waals surface area contributed by atoms with Crippen LogP contribution >= 0.6 is 0 Å². The summed E-state index contributed by atoms with van der Waals surface area (Å²) in [5, 5.41) is 9.14. The highest BCUT2D eigenvalue weighted by atomic mass is 16.3. The van der Waals surface area contributed by atoms with E-state index in [1.807, 2.05) is 25.1 Å². The smallest absolute Gasteiger partial charge is 0.227 e. The minimum Gasteiger partial charge on any atom is -0.392 e. The molecule has 1 aromatic carbocycles. The summed E-state index contributed by atoms with van der Waals surface area (Å²) >= 11 is 0. The lowest BCUT2D eigenvalue weighted by Crippen LogP contribution is -2.26. The highest BCUT2D eigenvalue weighted by Gasteiger charge is 2.30. The van der Waals surface area contributed by atoms with Crippen molar-refractivity contribution in [3.05, 3.63) is 29.3 Å². The van der Waals surface area contributed by atoms with E-state index in [1.54, 1.807) is 4.90 Å². The van der Waals surface area contributed by atoms with E-state index in [0.29, 0.717) is 19.5 Å². The van der Waals surface area contributed by atoms with Crippen LogP contribution in [0.4, 0.5) is 5.69 Å². The van der Waals surface area contributed by atoms with Gasteiger partial charge in [0.15, 0.2) is 0 Å². The molecule has 1 amide bonds. The van der Waals surface area contributed by atoms with E-state index in [2.05, 4.69) is 0 Å². The summed E-state index contributed by atoms with van der Waals surface area (Å²) in [6.45, 7) is 3.20. The van der Waals surface area contributed by atoms with Gasteiger partial charge in [0.05, 0.1) is 6.61 Å². The number of rotatable bonds is 3. The van der Waals surface area contributed by atoms with Gasteiger partial charge in [-0.05, 0) is 36.6 Å². The Hall–Kier alpha value is -1.39. The van der Waals surface area contributed by atoms with Crippen molar-refractivity contribution in [3.63, 3.8) is 0 Å². The molecule has 92 valence electrons. The predicted molar refractivity (Wildman–Crippen MR) is 66.6 cm³/mol. The lowest BCUT2D eigenvalue weighted by atomic mass is 10.1. The number of benzene rings is 1. The molecule has 2 rings (SSSR count). The number of aliphatic hydroxyl groups is 1. The topological polar surface area (TPSA) is 66.6 Å². The van der Waals surface area contributed by atoms with Crippen LogP contribution in [0.1, 0.15) is 17.5 Å². The molecule has 1 aromatic rings. The zero-order chi connectivity index (χ0) is 12.4. The highest BCUT2D eigenvalue weighted by Crippen LogP contribution is 2.28. The third-order valence-electron chi connectivity index (χ3n) is 3.29. The lowest BCUT2D eigenvalue weighted by molar-refractivity contribution is -0.117. The van der Waals surface area contributed by atoms with E-state index in [1.165, 1.54) is 0 Å². The number of carbonyl (C=O) groups is 1. The summed E-state index contributed by atoms with van der Waals surface area (Å²) in [7, 11) is 0. The largest absolute Gasteiger partial charge is 0.392 e. The fourth-order valence-corrected chi connectivity index (χ4v) is 2.22. The summed E-state index contributed by atoms with van der Waals surface area (Å²) in [6.07, 6.45) is 0.527. The van der Waals surface area contributed by atoms with Gasteiger partial charge in [0.2, 0.25) is 5.91 Å². The van der Waals surface area contributed by atoms with Crippen LogP contribution in [0.25, 0.3) is 0 Å². The predicted octanol–water partition coefficient (Wildman–Crippen LogP) is 0.799. The molecule has 0 aliphatic carbocycles. The number of amides is 1. The Kier molecular flexibility index (Phi) is 3.45. The molecule has 1 aliphatic heterocycles. The molecule has 4 heteroatoms. The lowest BCUT2D eigenvalue weighted by Gasteiger charge is -2.19. The van der Waals surface area contributed by atoms with E-state index >= 15 is 0 Å². The monoisotopic (exact) mass is 234 g/mol. The molecule has 3 N–H and O–H groups in total. The Morgan fingerprint density at radius 1 is 1.53 bits per heavy atom. The first-order chi connectivity index (χ1) is 8.15. The van der Waals surface area contributed by atoms with Gasteiger partial charge in [-0.25, -0.2) is 0 Å². The number of nitrogens with zero attached hydrogens (tertiary/aromatic N) is 1. The molecule has 0 spiro atoms. The van der Waals surface area contributed by atoms with Gasteiger partial charge in [-0.2, -0.15) is 0 Å². The molecule has 1 unspecified atom stereocenters. The van der Waals surface area contributed by atoms with Crippen molar-refractivity contribution >= 4 is 11.6 Å². The van der Waals surface area contributed by atoms with Crippen molar-refractivity contribution in [2.45, 2.75) is 20.0 Å². The minimum absolute atomic E-state index is 0.00434. The molecule has 1 saturated heterocycles. The molecule has 1 aliphatic rings. The first-order valence-corrected chi connectivity index (χ1v) is 5.86. The molecule has 0 aromatic heterocycles. The van der Waals surface area contributed by atoms with Crippen molar-refractivity contribution in [2.24, 2.45) is 11.7 Å². The Labute approximate surface area is 101 Å². The summed E-state index contributed by atoms with van der Waals surface area (Å²) in [5.74, 6) is 0.373. The number of aryl methyl sites for hydroxylation is 1. The second-order valence-corrected chi connectivity index (χ2v) is 4.59. The van der Waals surface area contributed by atoms with Crippen LogP contribution < -0.4 is 10.6 Å². The summed E-state index contributed by atoms with van der Waals surface area (Å²) in [5.41, 5.74) is 8.39. The zero-order valence-electron chi connectivity index (χ0n) is 10.0. The van der Waals surface area contributed by atoms with E-state index in [0.717, 1.165) is 16.8 Å². The molecular weight excluding hydrogens is 216 g/mol. The number of hydrogen-bond acceptors (Lipinski definition) is 3. The maximum atomic E-state index is 11.9. The quantitative estimate of drug-likeness (QED) is 0.813. The maximum absolute atomic E-state index is 11.9. The third kappa shape index (κ3) is 2.33. The molecule has 0 radical (unpaired) electrons. The van der Waals surface area contributed by atoms with Gasteiger partial charge in [-0.3, -0.25) is 4.79 Å². The average molecular weight is 234 g/mol. The molecule has 1 fully saturated rings. The van der Waals surface area contributed by atoms with Crippen LogP contribution in [0, 0.1) is 12.8 Å². The first kappa shape index (κ1) is 12.1. The summed E-state index contributed by atoms with van der Waals surface area (Å²) in [4.78, 5) is 13.7. The molecule has 0 bridgehead atoms. The van der Waals surface area contributed by atoms with E-state index in [-0.39, 0.29) is 18.4 Å². The molecule has 1 atom stereocenters. The Bertz CT molecular complexity index is 431. The number of anilines is 1. The molecule has 1 heterocycles. The molecule has 4 nitrogen and oxygen atoms in total. The minimum atomic E-state index is -0.00434. The van der Waals surface area contributed by atoms with Gasteiger partial charge in [-0.1, -0.05) is 12.1 Å². The van der Waals surface area contributed by atoms with Crippen molar-refractivity contribution in [2.75, 3.05) is 18.0 Å². The van der Waals surface area contributed by atoms with E-state index in [4.69, 9.17) is 10.8 Å². The van der Waals surface area contributed by atoms with Crippen LogP contribution in [0.15, 0.2) is 18.2 Å². The fourth-order valence-electron chi connectivity index (χ4n) is 2.22. The Morgan fingerprint density at radius 3 is 2.88 bits per heavy atom. The van der Waals surface area contributed by atoms with Gasteiger partial charge in [0.1, 0.15) is 0 Å². The van der Waals surface area contributed by atoms with Gasteiger partial charge >= 0.3 is 0 Å². The maximum Gasteiger partial charge on any atom is 0.227 e. The number of aliphatic hydroxyl groups excluding tert-OH is 1. The fraction of sp³-hybridized carbons (Fsp3) is 0.462. The van der Waals surface area contributed by atoms with Gasteiger partial charge in [0.25, 0.3) is 0 Å². The third-order valence-corrected chi connectivity index (χ3v) is 3.29. The summed E-state index contributed by atoms with van der Waals surface area (Å²) in [6, 6.07) is 5.69. The average Bonchev–Trinajstić information content (AvgIpc) is 2.71. The Balaban J connectivity index is 2.30. The van der Waals surface area contributed by atoms with Crippen LogP contribution in [-0.4, -0.2) is 24.1 Å².